The fourth-order valence-corrected chi connectivity index (χ4v) is 3.81. The van der Waals surface area contributed by atoms with Gasteiger partial charge in [-0.3, -0.25) is 23.5 Å². The lowest BCUT2D eigenvalue weighted by atomic mass is 9.99. The summed E-state index contributed by atoms with van der Waals surface area (Å²) in [6.45, 7) is 0.272. The molecule has 3 amide bonds. The van der Waals surface area contributed by atoms with Crippen molar-refractivity contribution in [2.75, 3.05) is 13.7 Å². The van der Waals surface area contributed by atoms with Crippen molar-refractivity contribution in [3.63, 3.8) is 0 Å². The number of nitrogens with one attached hydrogen (secondary N) is 2. The van der Waals surface area contributed by atoms with E-state index in [1.807, 2.05) is 0 Å². The first kappa shape index (κ1) is 25.4. The molecule has 0 spiro atoms. The van der Waals surface area contributed by atoms with Gasteiger partial charge in [0.05, 0.1) is 6.54 Å². The normalized spacial score (nSPS) is 20.7. The van der Waals surface area contributed by atoms with Crippen LogP contribution in [-0.4, -0.2) is 78.5 Å². The molecule has 3 atom stereocenters. The third-order valence-electron chi connectivity index (χ3n) is 4.27. The summed E-state index contributed by atoms with van der Waals surface area (Å²) in [7, 11) is -8.69. The SMILES string of the molecule is CO[C@]1(NC(=O)[C@H](NC(C)=O)[C@H](O)c2ccc(OS(=O)(=O)O)cc2)CN(S(=O)(=O)O)C1=O. The van der Waals surface area contributed by atoms with Crippen molar-refractivity contribution < 1.29 is 54.4 Å². The lowest BCUT2D eigenvalue weighted by Crippen LogP contribution is -2.77. The van der Waals surface area contributed by atoms with Gasteiger partial charge in [-0.2, -0.15) is 16.8 Å². The highest BCUT2D eigenvalue weighted by Crippen LogP contribution is 2.27. The smallest absolute Gasteiger partial charge is 0.386 e. The zero-order chi connectivity index (χ0) is 24.5. The molecule has 0 unspecified atom stereocenters. The van der Waals surface area contributed by atoms with Gasteiger partial charge in [0.2, 0.25) is 17.5 Å². The minimum Gasteiger partial charge on any atom is -0.386 e. The van der Waals surface area contributed by atoms with Gasteiger partial charge in [-0.05, 0) is 17.7 Å². The minimum atomic E-state index is -4.89. The van der Waals surface area contributed by atoms with Crippen molar-refractivity contribution in [1.29, 1.82) is 0 Å². The first-order valence-corrected chi connectivity index (χ1v) is 11.2. The van der Waals surface area contributed by atoms with E-state index in [9.17, 15) is 36.3 Å². The van der Waals surface area contributed by atoms with Crippen LogP contribution in [0.3, 0.4) is 0 Å². The molecule has 0 bridgehead atoms. The number of methoxy groups -OCH3 is 1. The van der Waals surface area contributed by atoms with Gasteiger partial charge in [-0.25, -0.2) is 4.31 Å². The Morgan fingerprint density at radius 3 is 2.12 bits per heavy atom. The van der Waals surface area contributed by atoms with Crippen molar-refractivity contribution in [3.8, 4) is 5.75 Å². The second kappa shape index (κ2) is 8.96. The van der Waals surface area contributed by atoms with Gasteiger partial charge in [0.25, 0.3) is 5.91 Å². The van der Waals surface area contributed by atoms with Gasteiger partial charge in [-0.1, -0.05) is 12.1 Å². The van der Waals surface area contributed by atoms with E-state index in [0.29, 0.717) is 0 Å². The molecule has 32 heavy (non-hydrogen) atoms. The fourth-order valence-electron chi connectivity index (χ4n) is 2.75. The fraction of sp³-hybridized carbons (Fsp3) is 0.400. The zero-order valence-electron chi connectivity index (χ0n) is 16.5. The number of ether oxygens (including phenoxy) is 1. The maximum Gasteiger partial charge on any atom is 0.446 e. The topological polar surface area (TPSA) is 226 Å². The largest absolute Gasteiger partial charge is 0.446 e. The monoisotopic (exact) mass is 497 g/mol. The van der Waals surface area contributed by atoms with Crippen LogP contribution >= 0.6 is 0 Å². The molecule has 0 aromatic heterocycles. The molecule has 0 radical (unpaired) electrons. The van der Waals surface area contributed by atoms with Crippen LogP contribution in [0.2, 0.25) is 0 Å². The Morgan fingerprint density at radius 2 is 1.72 bits per heavy atom. The molecule has 17 heteroatoms. The summed E-state index contributed by atoms with van der Waals surface area (Å²) >= 11 is 0. The number of benzene rings is 1. The number of nitrogens with zero attached hydrogens (tertiary/aromatic N) is 1. The quantitative estimate of drug-likeness (QED) is 0.136. The Kier molecular flexibility index (Phi) is 7.12. The number of aliphatic hydroxyl groups excluding tert-OH is 1. The van der Waals surface area contributed by atoms with E-state index < -0.39 is 62.8 Å². The second-order valence-electron chi connectivity index (χ2n) is 6.51. The van der Waals surface area contributed by atoms with Crippen LogP contribution in [-0.2, 0) is 39.8 Å². The highest BCUT2D eigenvalue weighted by Gasteiger charge is 2.59. The number of β-lactam (4-membered cyclic amide) rings is 1. The zero-order valence-corrected chi connectivity index (χ0v) is 18.1. The molecule has 15 nitrogen and oxygen atoms in total. The predicted molar refractivity (Wildman–Crippen MR) is 102 cm³/mol. The maximum atomic E-state index is 12.7. The van der Waals surface area contributed by atoms with Crippen molar-refractivity contribution >= 4 is 38.4 Å². The number of carbonyl (C=O) groups is 3. The van der Waals surface area contributed by atoms with Crippen LogP contribution in [0.1, 0.15) is 18.6 Å². The van der Waals surface area contributed by atoms with Crippen molar-refractivity contribution in [2.45, 2.75) is 24.8 Å². The third kappa shape index (κ3) is 5.69. The first-order chi connectivity index (χ1) is 14.6. The van der Waals surface area contributed by atoms with Crippen molar-refractivity contribution in [1.82, 2.24) is 14.9 Å². The molecular formula is C15H19N3O12S2. The van der Waals surface area contributed by atoms with E-state index in [4.69, 9.17) is 13.8 Å². The van der Waals surface area contributed by atoms with Crippen molar-refractivity contribution in [3.05, 3.63) is 29.8 Å². The summed E-state index contributed by atoms with van der Waals surface area (Å²) in [4.78, 5) is 36.4. The molecule has 0 saturated carbocycles. The molecule has 1 saturated heterocycles. The van der Waals surface area contributed by atoms with Crippen LogP contribution in [0.25, 0.3) is 0 Å². The number of amides is 3. The van der Waals surface area contributed by atoms with Crippen LogP contribution in [0, 0.1) is 0 Å². The van der Waals surface area contributed by atoms with Gasteiger partial charge in [0.1, 0.15) is 17.9 Å². The number of carbonyl (C=O) groups excluding carboxylic acids is 3. The van der Waals surface area contributed by atoms with Crippen LogP contribution < -0.4 is 14.8 Å². The molecule has 2 rings (SSSR count). The molecule has 178 valence electrons. The lowest BCUT2D eigenvalue weighted by Gasteiger charge is -2.45. The Labute approximate surface area is 182 Å². The molecule has 1 fully saturated rings. The second-order valence-corrected chi connectivity index (χ2v) is 8.87. The Hall–Kier alpha value is -2.83. The molecule has 0 aliphatic carbocycles. The van der Waals surface area contributed by atoms with E-state index >= 15 is 0 Å². The van der Waals surface area contributed by atoms with Gasteiger partial charge in [-0.15, -0.1) is 0 Å². The Bertz CT molecular complexity index is 1120. The molecule has 5 N–H and O–H groups in total. The van der Waals surface area contributed by atoms with Gasteiger partial charge in [0.15, 0.2) is 0 Å². The van der Waals surface area contributed by atoms with Gasteiger partial charge < -0.3 is 24.7 Å². The van der Waals surface area contributed by atoms with E-state index in [1.54, 1.807) is 0 Å². The van der Waals surface area contributed by atoms with E-state index in [1.165, 1.54) is 0 Å². The summed E-state index contributed by atoms with van der Waals surface area (Å²) in [6.07, 6.45) is -1.74. The lowest BCUT2D eigenvalue weighted by molar-refractivity contribution is -0.181. The van der Waals surface area contributed by atoms with Gasteiger partial charge >= 0.3 is 20.7 Å². The van der Waals surface area contributed by atoms with Gasteiger partial charge in [0, 0.05) is 14.0 Å². The van der Waals surface area contributed by atoms with Crippen LogP contribution in [0.15, 0.2) is 24.3 Å². The van der Waals surface area contributed by atoms with E-state index in [0.717, 1.165) is 38.3 Å². The van der Waals surface area contributed by atoms with Crippen molar-refractivity contribution in [2.24, 2.45) is 0 Å². The highest BCUT2D eigenvalue weighted by molar-refractivity contribution is 7.84. The average molecular weight is 497 g/mol. The molecule has 1 aliphatic rings. The number of hydrogen-bond donors (Lipinski definition) is 5. The minimum absolute atomic E-state index is 0.00690. The van der Waals surface area contributed by atoms with Crippen LogP contribution in [0.5, 0.6) is 5.75 Å². The standard InChI is InChI=1S/C15H19N3O12S2/c1-8(19)16-11(12(20)9-3-5-10(6-4-9)30-32(26,27)28)13(21)17-15(29-2)7-18(14(15)22)31(23,24)25/h3-6,11-12,20H,7H2,1-2H3,(H,16,19)(H,17,21)(H,23,24,25)(H,26,27,28)/t11-,12-,15-/m1/s1. The summed E-state index contributed by atoms with van der Waals surface area (Å²) in [5.74, 6) is -3.51. The molecule has 1 aliphatic heterocycles. The number of rotatable bonds is 9. The summed E-state index contributed by atoms with van der Waals surface area (Å²) in [5, 5.41) is 14.8. The first-order valence-electron chi connectivity index (χ1n) is 8.48. The molecule has 1 heterocycles. The number of aliphatic hydroxyl groups is 1. The van der Waals surface area contributed by atoms with E-state index in [-0.39, 0.29) is 15.6 Å². The van der Waals surface area contributed by atoms with E-state index in [2.05, 4.69) is 14.8 Å². The number of hydrogen-bond acceptors (Lipinski definition) is 10. The highest BCUT2D eigenvalue weighted by atomic mass is 32.3. The third-order valence-corrected chi connectivity index (χ3v) is 5.53. The molecular weight excluding hydrogens is 478 g/mol. The Balaban J connectivity index is 2.24. The summed E-state index contributed by atoms with van der Waals surface area (Å²) in [6, 6.07) is 2.65. The maximum absolute atomic E-state index is 12.7. The summed E-state index contributed by atoms with van der Waals surface area (Å²) in [5.41, 5.74) is -2.18. The Morgan fingerprint density at radius 1 is 1.16 bits per heavy atom. The summed E-state index contributed by atoms with van der Waals surface area (Å²) < 4.78 is 70.5. The van der Waals surface area contributed by atoms with Crippen LogP contribution in [0.4, 0.5) is 0 Å². The molecule has 1 aromatic rings. The predicted octanol–water partition coefficient (Wildman–Crippen LogP) is -2.49. The average Bonchev–Trinajstić information content (AvgIpc) is 2.66. The molecule has 1 aromatic carbocycles.